The van der Waals surface area contributed by atoms with E-state index in [1.807, 2.05) is 12.1 Å². The van der Waals surface area contributed by atoms with Crippen LogP contribution in [0.1, 0.15) is 134 Å². The van der Waals surface area contributed by atoms with Gasteiger partial charge in [0.2, 0.25) is 5.91 Å². The molecule has 10 atom stereocenters. The average molecular weight is 760 g/mol. The van der Waals surface area contributed by atoms with Crippen LogP contribution >= 0.6 is 0 Å². The van der Waals surface area contributed by atoms with E-state index in [1.165, 1.54) is 67.2 Å². The van der Waals surface area contributed by atoms with Crippen molar-refractivity contribution in [3.63, 3.8) is 0 Å². The maximum absolute atomic E-state index is 14.0. The van der Waals surface area contributed by atoms with Crippen LogP contribution < -0.4 is 10.6 Å². The number of aromatic carboxylic acids is 1. The summed E-state index contributed by atoms with van der Waals surface area (Å²) < 4.78 is 0. The normalized spacial score (nSPS) is 38.7. The minimum Gasteiger partial charge on any atom is -0.478 e. The first-order valence-electron chi connectivity index (χ1n) is 22.1. The Morgan fingerprint density at radius 3 is 2.32 bits per heavy atom. The summed E-state index contributed by atoms with van der Waals surface area (Å²) in [5, 5.41) is 16.9. The van der Waals surface area contributed by atoms with Gasteiger partial charge in [-0.2, -0.15) is 0 Å². The number of carbonyl (C=O) groups excluding carboxylic acids is 1. The number of likely N-dealkylation sites (tertiary alicyclic amines) is 1. The lowest BCUT2D eigenvalue weighted by atomic mass is 9.33. The maximum atomic E-state index is 14.0. The van der Waals surface area contributed by atoms with Gasteiger partial charge in [-0.05, 0) is 164 Å². The number of nitrogens with one attached hydrogen (secondary N) is 2. The van der Waals surface area contributed by atoms with Gasteiger partial charge in [-0.3, -0.25) is 9.69 Å². The van der Waals surface area contributed by atoms with Crippen LogP contribution in [0.3, 0.4) is 0 Å². The molecule has 302 valence electrons. The number of allylic oxidation sites excluding steroid dienone is 3. The van der Waals surface area contributed by atoms with Crippen LogP contribution in [0.4, 0.5) is 0 Å². The molecular formula is C50H69N3O3. The van der Waals surface area contributed by atoms with Crippen molar-refractivity contribution in [2.75, 3.05) is 19.6 Å². The fourth-order valence-corrected chi connectivity index (χ4v) is 15.1. The predicted octanol–water partition coefficient (Wildman–Crippen LogP) is 10.2. The molecular weight excluding hydrogens is 691 g/mol. The molecule has 6 nitrogen and oxygen atoms in total. The monoisotopic (exact) mass is 760 g/mol. The van der Waals surface area contributed by atoms with Crippen molar-refractivity contribution in [2.24, 2.45) is 51.2 Å². The van der Waals surface area contributed by atoms with E-state index in [0.29, 0.717) is 47.7 Å². The van der Waals surface area contributed by atoms with Crippen molar-refractivity contribution in [2.45, 2.75) is 130 Å². The molecule has 0 aromatic heterocycles. The summed E-state index contributed by atoms with van der Waals surface area (Å²) >= 11 is 0. The first-order valence-corrected chi connectivity index (χ1v) is 22.1. The Balaban J connectivity index is 0.989. The molecule has 1 amide bonds. The molecule has 0 unspecified atom stereocenters. The highest BCUT2D eigenvalue weighted by molar-refractivity contribution is 5.88. The summed E-state index contributed by atoms with van der Waals surface area (Å²) in [6.07, 6.45) is 15.4. The lowest BCUT2D eigenvalue weighted by Crippen LogP contribution is -2.68. The molecule has 1 heterocycles. The van der Waals surface area contributed by atoms with Crippen LogP contribution in [-0.4, -0.2) is 53.1 Å². The number of rotatable bonds is 10. The Morgan fingerprint density at radius 2 is 1.61 bits per heavy atom. The highest BCUT2D eigenvalue weighted by Gasteiger charge is 2.70. The Kier molecular flexibility index (Phi) is 10.3. The SMILES string of the molecule is C=C(C)[C@@H]1CC[C@]2(NC(=O)CNC[C@@H]3CCCN3Cc3ccccc3)CC[C@]3(C)[C@H](CC[C@@H]4[C@@]5(C)CC=C(c6ccc(C(=O)O)cc6)C(C)(C)[C@@H]5CC[C@]43C)[C@@H]12. The van der Waals surface area contributed by atoms with Crippen molar-refractivity contribution < 1.29 is 14.7 Å². The van der Waals surface area contributed by atoms with Crippen LogP contribution in [0.5, 0.6) is 0 Å². The zero-order chi connectivity index (χ0) is 39.7. The molecule has 56 heavy (non-hydrogen) atoms. The van der Waals surface area contributed by atoms with Crippen molar-refractivity contribution in [3.05, 3.63) is 89.5 Å². The third-order valence-corrected chi connectivity index (χ3v) is 17.9. The Hall–Kier alpha value is -3.22. The van der Waals surface area contributed by atoms with Crippen molar-refractivity contribution >= 4 is 17.4 Å². The standard InChI is InChI=1S/C50H69N3O3/c1-33(2)38-21-26-50(52-43(54)31-51-30-37-14-11-29-53(37)32-34-12-9-8-10-13-34)28-27-48(6)40(44(38)50)19-20-42-47(5)24-22-39(35-15-17-36(18-16-35)45(55)56)46(3,4)41(47)23-25-49(42,48)7/h8-10,12-13,15-18,22,37-38,40-42,44,51H,1,11,14,19-21,23-32H2,2-7H3,(H,52,54)(H,55,56)/t37-,38-,40+,41-,42+,44+,47-,48+,49+,50-/m0/s1. The molecule has 2 aromatic carbocycles. The molecule has 4 saturated carbocycles. The minimum atomic E-state index is -0.871. The largest absolute Gasteiger partial charge is 0.478 e. The number of hydrogen-bond donors (Lipinski definition) is 3. The van der Waals surface area contributed by atoms with Gasteiger partial charge in [-0.25, -0.2) is 4.79 Å². The second-order valence-corrected chi connectivity index (χ2v) is 20.7. The Morgan fingerprint density at radius 1 is 0.857 bits per heavy atom. The number of amides is 1. The number of carbonyl (C=O) groups is 2. The van der Waals surface area contributed by atoms with E-state index in [9.17, 15) is 14.7 Å². The van der Waals surface area contributed by atoms with Gasteiger partial charge in [-0.1, -0.05) is 95.3 Å². The molecule has 2 aromatic rings. The number of benzene rings is 2. The quantitative estimate of drug-likeness (QED) is 0.210. The fourth-order valence-electron chi connectivity index (χ4n) is 15.1. The molecule has 6 heteroatoms. The minimum absolute atomic E-state index is 0.00863. The molecule has 5 aliphatic carbocycles. The number of hydrogen-bond acceptors (Lipinski definition) is 4. The lowest BCUT2D eigenvalue weighted by Gasteiger charge is -2.72. The molecule has 6 aliphatic rings. The van der Waals surface area contributed by atoms with Gasteiger partial charge < -0.3 is 15.7 Å². The highest BCUT2D eigenvalue weighted by atomic mass is 16.4. The Bertz CT molecular complexity index is 1850. The van der Waals surface area contributed by atoms with E-state index in [4.69, 9.17) is 0 Å². The second-order valence-electron chi connectivity index (χ2n) is 20.7. The van der Waals surface area contributed by atoms with E-state index < -0.39 is 5.97 Å². The zero-order valence-corrected chi connectivity index (χ0v) is 35.3. The zero-order valence-electron chi connectivity index (χ0n) is 35.3. The second kappa shape index (κ2) is 14.6. The molecule has 1 saturated heterocycles. The van der Waals surface area contributed by atoms with Gasteiger partial charge in [0.1, 0.15) is 0 Å². The highest BCUT2D eigenvalue weighted by Crippen LogP contribution is 2.76. The van der Waals surface area contributed by atoms with Gasteiger partial charge in [0.25, 0.3) is 0 Å². The van der Waals surface area contributed by atoms with Crippen molar-refractivity contribution in [1.82, 2.24) is 15.5 Å². The fraction of sp³-hybridized carbons (Fsp3) is 0.640. The molecule has 3 N–H and O–H groups in total. The van der Waals surface area contributed by atoms with Gasteiger partial charge in [-0.15, -0.1) is 0 Å². The summed E-state index contributed by atoms with van der Waals surface area (Å²) in [5.41, 5.74) is 6.03. The summed E-state index contributed by atoms with van der Waals surface area (Å²) in [6, 6.07) is 18.8. The van der Waals surface area contributed by atoms with E-state index in [0.717, 1.165) is 45.3 Å². The van der Waals surface area contributed by atoms with Gasteiger partial charge in [0.15, 0.2) is 0 Å². The van der Waals surface area contributed by atoms with Crippen molar-refractivity contribution in [3.8, 4) is 0 Å². The first kappa shape index (κ1) is 39.6. The van der Waals surface area contributed by atoms with Gasteiger partial charge >= 0.3 is 5.97 Å². The van der Waals surface area contributed by atoms with Gasteiger partial charge in [0, 0.05) is 24.7 Å². The van der Waals surface area contributed by atoms with Crippen LogP contribution in [0, 0.1) is 51.2 Å². The number of carboxylic acids is 1. The summed E-state index contributed by atoms with van der Waals surface area (Å²) in [6.45, 7) is 23.1. The van der Waals surface area contributed by atoms with E-state index in [-0.39, 0.29) is 33.1 Å². The maximum Gasteiger partial charge on any atom is 0.335 e. The molecule has 5 fully saturated rings. The summed E-state index contributed by atoms with van der Waals surface area (Å²) in [4.78, 5) is 28.2. The number of fused-ring (bicyclic) bond motifs is 7. The van der Waals surface area contributed by atoms with E-state index >= 15 is 0 Å². The molecule has 0 spiro atoms. The third-order valence-electron chi connectivity index (χ3n) is 17.9. The van der Waals surface area contributed by atoms with Crippen LogP contribution in [-0.2, 0) is 11.3 Å². The van der Waals surface area contributed by atoms with Gasteiger partial charge in [0.05, 0.1) is 12.1 Å². The van der Waals surface area contributed by atoms with E-state index in [1.54, 1.807) is 12.1 Å². The van der Waals surface area contributed by atoms with Crippen LogP contribution in [0.15, 0.2) is 72.8 Å². The van der Waals surface area contributed by atoms with Crippen molar-refractivity contribution in [1.29, 1.82) is 0 Å². The predicted molar refractivity (Wildman–Crippen MR) is 227 cm³/mol. The van der Waals surface area contributed by atoms with Crippen LogP contribution in [0.2, 0.25) is 0 Å². The summed E-state index contributed by atoms with van der Waals surface area (Å²) in [5.74, 6) is 1.95. The topological polar surface area (TPSA) is 81.7 Å². The van der Waals surface area contributed by atoms with E-state index in [2.05, 4.69) is 100 Å². The third kappa shape index (κ3) is 6.35. The lowest BCUT2D eigenvalue weighted by molar-refractivity contribution is -0.219. The molecule has 0 bridgehead atoms. The molecule has 0 radical (unpaired) electrons. The first-order chi connectivity index (χ1) is 26.6. The average Bonchev–Trinajstić information content (AvgIpc) is 3.76. The van der Waals surface area contributed by atoms with Crippen LogP contribution in [0.25, 0.3) is 5.57 Å². The Labute approximate surface area is 337 Å². The smallest absolute Gasteiger partial charge is 0.335 e. The number of nitrogens with zero attached hydrogens (tertiary/aromatic N) is 1. The number of carboxylic acid groups (broad SMARTS) is 1. The summed E-state index contributed by atoms with van der Waals surface area (Å²) in [7, 11) is 0. The molecule has 8 rings (SSSR count). The molecule has 1 aliphatic heterocycles.